The Morgan fingerprint density at radius 1 is 0.562 bits per heavy atom. The number of hydrogen-bond donors (Lipinski definition) is 0. The van der Waals surface area contributed by atoms with Crippen LogP contribution in [0.15, 0.2) is 71.8 Å². The van der Waals surface area contributed by atoms with E-state index in [1.807, 2.05) is 0 Å². The van der Waals surface area contributed by atoms with E-state index in [-0.39, 0.29) is 0 Å². The van der Waals surface area contributed by atoms with Crippen LogP contribution < -0.4 is 0 Å². The molecule has 0 amide bonds. The fourth-order valence-electron chi connectivity index (χ4n) is 8.85. The van der Waals surface area contributed by atoms with Crippen molar-refractivity contribution in [3.63, 3.8) is 0 Å². The Balaban J connectivity index is 1.55. The second kappa shape index (κ2) is 14.7. The number of allylic oxidation sites excluding steroid dienone is 2. The van der Waals surface area contributed by atoms with E-state index in [0.717, 1.165) is 0 Å². The summed E-state index contributed by atoms with van der Waals surface area (Å²) in [7, 11) is 0. The summed E-state index contributed by atoms with van der Waals surface area (Å²) in [5.74, 6) is -0.970. The van der Waals surface area contributed by atoms with Gasteiger partial charge in [0, 0.05) is 0 Å². The van der Waals surface area contributed by atoms with Crippen molar-refractivity contribution >= 4 is 18.1 Å². The molecule has 0 aliphatic heterocycles. The maximum atomic E-state index is 2.73. The quantitative estimate of drug-likeness (QED) is 0.135. The third kappa shape index (κ3) is 6.54. The summed E-state index contributed by atoms with van der Waals surface area (Å²) in [4.78, 5) is 0. The zero-order valence-corrected chi connectivity index (χ0v) is 35.0. The van der Waals surface area contributed by atoms with E-state index in [1.165, 1.54) is 94.2 Å². The second-order valence-corrected chi connectivity index (χ2v) is 35.4. The van der Waals surface area contributed by atoms with E-state index in [0.29, 0.717) is 7.25 Å². The number of benzene rings is 4. The third-order valence-electron chi connectivity index (χ3n) is 11.5. The molecular weight excluding hydrogens is 672 g/mol. The van der Waals surface area contributed by atoms with Gasteiger partial charge in [0.15, 0.2) is 0 Å². The molecule has 0 bridgehead atoms. The molecule has 0 radical (unpaired) electrons. The average molecular weight is 729 g/mol. The van der Waals surface area contributed by atoms with Crippen LogP contribution in [0.4, 0.5) is 0 Å². The zero-order chi connectivity index (χ0) is 34.3. The van der Waals surface area contributed by atoms with E-state index in [9.17, 15) is 0 Å². The third-order valence-corrected chi connectivity index (χ3v) is 33.2. The standard InChI is InChI=1S/2C22H25.C2H7Si.Zr/c2*1-5-6-8-18-13-19-9-7-10-20(22(19)14-18)21-12-15(2)11-16(3)17(21)4;1-3-2;/h2*7,9-14H,5-6,8H2,1-4H3;3H,1-2H3;. The van der Waals surface area contributed by atoms with E-state index in [2.05, 4.69) is 141 Å². The molecule has 0 N–H and O–H groups in total. The van der Waals surface area contributed by atoms with E-state index >= 15 is 0 Å². The minimum absolute atomic E-state index is 0.680. The van der Waals surface area contributed by atoms with Gasteiger partial charge in [0.2, 0.25) is 0 Å². The number of hydrogen-bond acceptors (Lipinski definition) is 0. The topological polar surface area (TPSA) is 0 Å². The Hall–Kier alpha value is -2.54. The van der Waals surface area contributed by atoms with Gasteiger partial charge in [-0.2, -0.15) is 0 Å². The number of aryl methyl sites for hydroxylation is 4. The normalized spacial score (nSPS) is 16.6. The predicted octanol–water partition coefficient (Wildman–Crippen LogP) is 13.4. The molecule has 4 aromatic rings. The van der Waals surface area contributed by atoms with E-state index in [4.69, 9.17) is 0 Å². The molecule has 0 heterocycles. The fraction of sp³-hybridized carbons (Fsp3) is 0.391. The molecule has 0 saturated heterocycles. The van der Waals surface area contributed by atoms with Gasteiger partial charge >= 0.3 is 303 Å². The summed E-state index contributed by atoms with van der Waals surface area (Å²) >= 11 is -2.21. The Kier molecular flexibility index (Phi) is 10.8. The van der Waals surface area contributed by atoms with Gasteiger partial charge in [-0.25, -0.2) is 0 Å². The summed E-state index contributed by atoms with van der Waals surface area (Å²) in [5, 5.41) is 0. The van der Waals surface area contributed by atoms with Crippen LogP contribution in [0.25, 0.3) is 34.4 Å². The van der Waals surface area contributed by atoms with Crippen molar-refractivity contribution in [3.8, 4) is 22.3 Å². The molecular formula is C46H57SiZr. The number of rotatable bonds is 11. The summed E-state index contributed by atoms with van der Waals surface area (Å²) in [6.07, 6.45) is 13.0. The Morgan fingerprint density at radius 2 is 0.979 bits per heavy atom. The number of unbranched alkanes of at least 4 members (excludes halogenated alkanes) is 2. The van der Waals surface area contributed by atoms with Gasteiger partial charge in [-0.1, -0.05) is 0 Å². The first kappa shape index (κ1) is 35.3. The van der Waals surface area contributed by atoms with Crippen molar-refractivity contribution in [2.45, 2.75) is 114 Å². The van der Waals surface area contributed by atoms with E-state index < -0.39 is 26.8 Å². The van der Waals surface area contributed by atoms with Crippen molar-refractivity contribution in [1.82, 2.24) is 0 Å². The van der Waals surface area contributed by atoms with Gasteiger partial charge in [-0.15, -0.1) is 0 Å². The molecule has 0 saturated carbocycles. The van der Waals surface area contributed by atoms with Crippen molar-refractivity contribution in [1.29, 1.82) is 0 Å². The molecule has 6 rings (SSSR count). The molecule has 2 heteroatoms. The monoisotopic (exact) mass is 727 g/mol. The van der Waals surface area contributed by atoms with Gasteiger partial charge in [0.1, 0.15) is 0 Å². The van der Waals surface area contributed by atoms with Gasteiger partial charge in [0.25, 0.3) is 0 Å². The van der Waals surface area contributed by atoms with Crippen molar-refractivity contribution in [2.75, 3.05) is 0 Å². The average Bonchev–Trinajstić information content (AvgIpc) is 3.61. The van der Waals surface area contributed by atoms with Gasteiger partial charge in [-0.05, 0) is 0 Å². The molecule has 2 aliphatic rings. The number of fused-ring (bicyclic) bond motifs is 2. The molecule has 48 heavy (non-hydrogen) atoms. The van der Waals surface area contributed by atoms with Crippen molar-refractivity contribution in [3.05, 3.63) is 127 Å². The molecule has 0 fully saturated rings. The summed E-state index contributed by atoms with van der Waals surface area (Å²) in [5.41, 5.74) is 24.2. The first-order chi connectivity index (χ1) is 23.0. The summed E-state index contributed by atoms with van der Waals surface area (Å²) in [6, 6.07) is 24.3. The van der Waals surface area contributed by atoms with Crippen molar-refractivity contribution in [2.24, 2.45) is 0 Å². The van der Waals surface area contributed by atoms with Crippen LogP contribution >= 0.6 is 0 Å². The molecule has 4 aromatic carbocycles. The first-order valence-electron chi connectivity index (χ1n) is 18.7. The fourth-order valence-corrected chi connectivity index (χ4v) is 31.7. The molecule has 2 atom stereocenters. The molecule has 0 spiro atoms. The van der Waals surface area contributed by atoms with Crippen LogP contribution in [0.5, 0.6) is 0 Å². The van der Waals surface area contributed by atoms with Crippen LogP contribution in [-0.2, 0) is 20.9 Å². The van der Waals surface area contributed by atoms with Gasteiger partial charge < -0.3 is 0 Å². The first-order valence-corrected chi connectivity index (χ1v) is 28.7. The summed E-state index contributed by atoms with van der Waals surface area (Å²) in [6.45, 7) is 23.9. The van der Waals surface area contributed by atoms with Crippen LogP contribution in [0.3, 0.4) is 0 Å². The summed E-state index contributed by atoms with van der Waals surface area (Å²) < 4.78 is 1.36. The molecule has 249 valence electrons. The Morgan fingerprint density at radius 3 is 1.35 bits per heavy atom. The Bertz CT molecular complexity index is 1770. The van der Waals surface area contributed by atoms with Crippen LogP contribution in [0.2, 0.25) is 13.1 Å². The Labute approximate surface area is 301 Å². The molecule has 2 unspecified atom stereocenters. The second-order valence-electron chi connectivity index (χ2n) is 15.3. The molecule has 0 aromatic heterocycles. The van der Waals surface area contributed by atoms with Crippen LogP contribution in [0.1, 0.15) is 115 Å². The van der Waals surface area contributed by atoms with Crippen LogP contribution in [-0.4, -0.2) is 5.92 Å². The predicted molar refractivity (Wildman–Crippen MR) is 212 cm³/mol. The van der Waals surface area contributed by atoms with Gasteiger partial charge in [-0.3, -0.25) is 0 Å². The zero-order valence-electron chi connectivity index (χ0n) is 31.4. The molecule has 0 nitrogen and oxygen atoms in total. The van der Waals surface area contributed by atoms with Gasteiger partial charge in [0.05, 0.1) is 0 Å². The van der Waals surface area contributed by atoms with Crippen LogP contribution in [0, 0.1) is 41.5 Å². The minimum atomic E-state index is -2.21. The van der Waals surface area contributed by atoms with E-state index in [1.54, 1.807) is 33.4 Å². The van der Waals surface area contributed by atoms with Crippen molar-refractivity contribution < 1.29 is 20.9 Å². The molecule has 2 aliphatic carbocycles. The SMILES string of the molecule is CCCCC1=Cc2c(-c3cc(C)cc(C)c3C)cccc2[CH]1[Zr]([CH]1C(CCCC)=Cc2c(-c3cc(C)cc(C)c3C)cccc21)[SiH](C)C. The maximum absolute atomic E-state index is 2.73.